The van der Waals surface area contributed by atoms with Crippen molar-refractivity contribution in [2.75, 3.05) is 30.3 Å². The molecule has 4 rings (SSSR count). The number of anilines is 2. The van der Waals surface area contributed by atoms with Crippen molar-refractivity contribution in [1.82, 2.24) is 14.7 Å². The summed E-state index contributed by atoms with van der Waals surface area (Å²) in [5.74, 6) is 0.536. The summed E-state index contributed by atoms with van der Waals surface area (Å²) >= 11 is 0. The van der Waals surface area contributed by atoms with Crippen molar-refractivity contribution >= 4 is 23.4 Å². The fourth-order valence-electron chi connectivity index (χ4n) is 4.07. The number of benzene rings is 3. The van der Waals surface area contributed by atoms with E-state index in [9.17, 15) is 14.0 Å². The van der Waals surface area contributed by atoms with E-state index < -0.39 is 6.03 Å². The van der Waals surface area contributed by atoms with Gasteiger partial charge in [-0.1, -0.05) is 56.3 Å². The Morgan fingerprint density at radius 3 is 2.38 bits per heavy atom. The Morgan fingerprint density at radius 2 is 1.68 bits per heavy atom. The molecule has 8 nitrogen and oxygen atoms in total. The zero-order valence-corrected chi connectivity index (χ0v) is 22.9. The van der Waals surface area contributed by atoms with Gasteiger partial charge in [0.2, 0.25) is 5.91 Å². The quantitative estimate of drug-likeness (QED) is 0.223. The molecule has 0 saturated carbocycles. The summed E-state index contributed by atoms with van der Waals surface area (Å²) in [7, 11) is 0. The molecular weight excluding hydrogens is 509 g/mol. The highest BCUT2D eigenvalue weighted by atomic mass is 19.1. The second kappa shape index (κ2) is 13.4. The van der Waals surface area contributed by atoms with Crippen LogP contribution >= 0.6 is 0 Å². The fraction of sp³-hybridized carbons (Fsp3) is 0.258. The molecule has 3 amide bonds. The second-order valence-electron chi connectivity index (χ2n) is 9.68. The summed E-state index contributed by atoms with van der Waals surface area (Å²) in [6, 6.07) is 23.9. The Labute approximate surface area is 233 Å². The van der Waals surface area contributed by atoms with Gasteiger partial charge in [0.15, 0.2) is 0 Å². The number of hydrogen-bond donors (Lipinski definition) is 2. The Kier molecular flexibility index (Phi) is 9.51. The third-order valence-corrected chi connectivity index (χ3v) is 6.14. The Bertz CT molecular complexity index is 1420. The SMILES string of the molecule is CCOc1ccccc1NC(=O)N(CCC(C)C)CC(=O)Nc1cc(-c2ccccc2)nn1-c1ccc(F)cc1. The molecule has 1 heterocycles. The number of carbonyl (C=O) groups excluding carboxylic acids is 2. The molecule has 2 N–H and O–H groups in total. The van der Waals surface area contributed by atoms with Crippen LogP contribution in [0.5, 0.6) is 5.75 Å². The number of para-hydroxylation sites is 2. The van der Waals surface area contributed by atoms with Crippen LogP contribution in [0.25, 0.3) is 16.9 Å². The lowest BCUT2D eigenvalue weighted by Crippen LogP contribution is -2.41. The summed E-state index contributed by atoms with van der Waals surface area (Å²) < 4.78 is 20.8. The van der Waals surface area contributed by atoms with E-state index in [0.717, 1.165) is 12.0 Å². The van der Waals surface area contributed by atoms with Gasteiger partial charge in [-0.15, -0.1) is 0 Å². The highest BCUT2D eigenvalue weighted by Crippen LogP contribution is 2.26. The zero-order valence-electron chi connectivity index (χ0n) is 22.9. The molecule has 208 valence electrons. The van der Waals surface area contributed by atoms with E-state index in [2.05, 4.69) is 29.6 Å². The Balaban J connectivity index is 1.56. The van der Waals surface area contributed by atoms with Gasteiger partial charge in [-0.05, 0) is 55.7 Å². The molecule has 40 heavy (non-hydrogen) atoms. The van der Waals surface area contributed by atoms with Gasteiger partial charge in [0.05, 0.1) is 23.7 Å². The largest absolute Gasteiger partial charge is 0.492 e. The Morgan fingerprint density at radius 1 is 0.975 bits per heavy atom. The topological polar surface area (TPSA) is 88.5 Å². The molecule has 0 aliphatic heterocycles. The van der Waals surface area contributed by atoms with E-state index in [1.54, 1.807) is 35.0 Å². The molecule has 0 spiro atoms. The van der Waals surface area contributed by atoms with E-state index in [4.69, 9.17) is 4.74 Å². The number of ether oxygens (including phenoxy) is 1. The molecule has 0 fully saturated rings. The maximum Gasteiger partial charge on any atom is 0.322 e. The average molecular weight is 544 g/mol. The standard InChI is InChI=1S/C31H34FN5O3/c1-4-40-28-13-9-8-12-26(28)33-31(39)36(19-18-22(2)3)21-30(38)34-29-20-27(23-10-6-5-7-11-23)35-37(29)25-16-14-24(32)15-17-25/h5-17,20,22H,4,18-19,21H2,1-3H3,(H,33,39)(H,34,38). The second-order valence-corrected chi connectivity index (χ2v) is 9.68. The number of rotatable bonds is 11. The van der Waals surface area contributed by atoms with E-state index >= 15 is 0 Å². The molecule has 3 aromatic carbocycles. The van der Waals surface area contributed by atoms with Crippen LogP contribution in [-0.2, 0) is 4.79 Å². The van der Waals surface area contributed by atoms with Gasteiger partial charge in [0.1, 0.15) is 23.9 Å². The predicted octanol–water partition coefficient (Wildman–Crippen LogP) is 6.60. The molecule has 0 saturated heterocycles. The van der Waals surface area contributed by atoms with E-state index in [1.807, 2.05) is 49.4 Å². The molecule has 0 aliphatic rings. The lowest BCUT2D eigenvalue weighted by Gasteiger charge is -2.24. The minimum absolute atomic E-state index is 0.176. The number of hydrogen-bond acceptors (Lipinski definition) is 4. The summed E-state index contributed by atoms with van der Waals surface area (Å²) in [6.07, 6.45) is 0.722. The number of nitrogens with zero attached hydrogens (tertiary/aromatic N) is 3. The van der Waals surface area contributed by atoms with Gasteiger partial charge < -0.3 is 20.3 Å². The first kappa shape index (κ1) is 28.4. The minimum Gasteiger partial charge on any atom is -0.492 e. The number of urea groups is 1. The van der Waals surface area contributed by atoms with Crippen LogP contribution < -0.4 is 15.4 Å². The van der Waals surface area contributed by atoms with Crippen molar-refractivity contribution in [3.05, 3.63) is 90.7 Å². The Hall–Kier alpha value is -4.66. The zero-order chi connectivity index (χ0) is 28.5. The van der Waals surface area contributed by atoms with Crippen molar-refractivity contribution in [1.29, 1.82) is 0 Å². The highest BCUT2D eigenvalue weighted by Gasteiger charge is 2.21. The number of amides is 3. The lowest BCUT2D eigenvalue weighted by molar-refractivity contribution is -0.116. The van der Waals surface area contributed by atoms with Crippen LogP contribution in [0.4, 0.5) is 20.7 Å². The van der Waals surface area contributed by atoms with Crippen LogP contribution in [0.15, 0.2) is 84.9 Å². The van der Waals surface area contributed by atoms with Crippen LogP contribution in [-0.4, -0.2) is 46.3 Å². The molecule has 0 bridgehead atoms. The summed E-state index contributed by atoms with van der Waals surface area (Å²) in [6.45, 7) is 6.67. The summed E-state index contributed by atoms with van der Waals surface area (Å²) in [4.78, 5) is 28.1. The van der Waals surface area contributed by atoms with Crippen LogP contribution in [0.2, 0.25) is 0 Å². The number of nitrogens with one attached hydrogen (secondary N) is 2. The molecular formula is C31H34FN5O3. The van der Waals surface area contributed by atoms with Crippen molar-refractivity contribution in [3.63, 3.8) is 0 Å². The van der Waals surface area contributed by atoms with Crippen molar-refractivity contribution in [3.8, 4) is 22.7 Å². The van der Waals surface area contributed by atoms with E-state index in [0.29, 0.717) is 47.7 Å². The van der Waals surface area contributed by atoms with Crippen molar-refractivity contribution < 1.29 is 18.7 Å². The number of aromatic nitrogens is 2. The van der Waals surface area contributed by atoms with Gasteiger partial charge in [-0.25, -0.2) is 13.9 Å². The normalized spacial score (nSPS) is 10.8. The molecule has 0 unspecified atom stereocenters. The predicted molar refractivity (Wildman–Crippen MR) is 155 cm³/mol. The lowest BCUT2D eigenvalue weighted by atomic mass is 10.1. The highest BCUT2D eigenvalue weighted by molar-refractivity contribution is 5.97. The molecule has 0 aliphatic carbocycles. The van der Waals surface area contributed by atoms with Gasteiger partial charge >= 0.3 is 6.03 Å². The molecule has 1 aromatic heterocycles. The van der Waals surface area contributed by atoms with Crippen LogP contribution in [0, 0.1) is 11.7 Å². The van der Waals surface area contributed by atoms with Gasteiger partial charge in [0.25, 0.3) is 0 Å². The van der Waals surface area contributed by atoms with E-state index in [1.165, 1.54) is 17.0 Å². The third kappa shape index (κ3) is 7.47. The fourth-order valence-corrected chi connectivity index (χ4v) is 4.07. The molecule has 0 radical (unpaired) electrons. The minimum atomic E-state index is -0.403. The molecule has 0 atom stereocenters. The average Bonchev–Trinajstić information content (AvgIpc) is 3.36. The molecule has 9 heteroatoms. The molecule has 4 aromatic rings. The monoisotopic (exact) mass is 543 g/mol. The van der Waals surface area contributed by atoms with Crippen molar-refractivity contribution in [2.24, 2.45) is 5.92 Å². The smallest absolute Gasteiger partial charge is 0.322 e. The summed E-state index contributed by atoms with van der Waals surface area (Å²) in [5.41, 5.74) is 2.62. The first-order chi connectivity index (χ1) is 19.3. The number of halogens is 1. The van der Waals surface area contributed by atoms with Gasteiger partial charge in [-0.3, -0.25) is 4.79 Å². The maximum absolute atomic E-state index is 13.6. The van der Waals surface area contributed by atoms with Crippen LogP contribution in [0.3, 0.4) is 0 Å². The third-order valence-electron chi connectivity index (χ3n) is 6.14. The first-order valence-corrected chi connectivity index (χ1v) is 13.3. The van der Waals surface area contributed by atoms with Gasteiger partial charge in [0, 0.05) is 18.2 Å². The van der Waals surface area contributed by atoms with E-state index in [-0.39, 0.29) is 18.3 Å². The maximum atomic E-state index is 13.6. The first-order valence-electron chi connectivity index (χ1n) is 13.3. The van der Waals surface area contributed by atoms with Crippen LogP contribution in [0.1, 0.15) is 27.2 Å². The van der Waals surface area contributed by atoms with Gasteiger partial charge in [-0.2, -0.15) is 5.10 Å². The summed E-state index contributed by atoms with van der Waals surface area (Å²) in [5, 5.41) is 10.5. The number of carbonyl (C=O) groups is 2. The van der Waals surface area contributed by atoms with Crippen molar-refractivity contribution in [2.45, 2.75) is 27.2 Å².